The normalized spacial score (nSPS) is 20.0. The van der Waals surface area contributed by atoms with Crippen molar-refractivity contribution in [2.45, 2.75) is 6.42 Å². The molecule has 0 radical (unpaired) electrons. The lowest BCUT2D eigenvalue weighted by atomic mass is 10.1. The molecule has 0 spiro atoms. The van der Waals surface area contributed by atoms with E-state index in [1.54, 1.807) is 11.3 Å². The Morgan fingerprint density at radius 1 is 1.50 bits per heavy atom. The van der Waals surface area contributed by atoms with Crippen LogP contribution in [0.5, 0.6) is 0 Å². The quantitative estimate of drug-likeness (QED) is 0.902. The SMILES string of the molecule is O=C(O)CC1CNCCN(c2nc3ccccc3s2)C1. The van der Waals surface area contributed by atoms with Crippen LogP contribution in [-0.4, -0.2) is 42.2 Å². The van der Waals surface area contributed by atoms with Crippen LogP contribution in [0.1, 0.15) is 6.42 Å². The third-order valence-electron chi connectivity index (χ3n) is 3.49. The average molecular weight is 291 g/mol. The summed E-state index contributed by atoms with van der Waals surface area (Å²) in [6, 6.07) is 8.09. The largest absolute Gasteiger partial charge is 0.481 e. The Morgan fingerprint density at radius 2 is 2.35 bits per heavy atom. The number of benzene rings is 1. The van der Waals surface area contributed by atoms with Crippen LogP contribution in [0.15, 0.2) is 24.3 Å². The molecule has 1 fully saturated rings. The second-order valence-electron chi connectivity index (χ2n) is 5.08. The maximum absolute atomic E-state index is 10.9. The minimum Gasteiger partial charge on any atom is -0.481 e. The van der Waals surface area contributed by atoms with E-state index in [0.717, 1.165) is 36.8 Å². The van der Waals surface area contributed by atoms with Gasteiger partial charge < -0.3 is 15.3 Å². The number of thiazole rings is 1. The number of rotatable bonds is 3. The van der Waals surface area contributed by atoms with E-state index < -0.39 is 5.97 Å². The van der Waals surface area contributed by atoms with E-state index in [-0.39, 0.29) is 12.3 Å². The molecule has 6 heteroatoms. The summed E-state index contributed by atoms with van der Waals surface area (Å²) in [5.74, 6) is -0.607. The summed E-state index contributed by atoms with van der Waals surface area (Å²) in [6.45, 7) is 3.24. The van der Waals surface area contributed by atoms with E-state index in [4.69, 9.17) is 5.11 Å². The fraction of sp³-hybridized carbons (Fsp3) is 0.429. The van der Waals surface area contributed by atoms with Crippen LogP contribution in [0.4, 0.5) is 5.13 Å². The lowest BCUT2D eigenvalue weighted by molar-refractivity contribution is -0.137. The second-order valence-corrected chi connectivity index (χ2v) is 6.09. The Hall–Kier alpha value is -1.66. The van der Waals surface area contributed by atoms with Gasteiger partial charge in [0.15, 0.2) is 5.13 Å². The van der Waals surface area contributed by atoms with Gasteiger partial charge in [0, 0.05) is 26.2 Å². The van der Waals surface area contributed by atoms with Gasteiger partial charge in [-0.25, -0.2) is 4.98 Å². The number of carbonyl (C=O) groups is 1. The van der Waals surface area contributed by atoms with Gasteiger partial charge in [-0.3, -0.25) is 4.79 Å². The highest BCUT2D eigenvalue weighted by Gasteiger charge is 2.22. The van der Waals surface area contributed by atoms with Gasteiger partial charge in [0.2, 0.25) is 0 Å². The van der Waals surface area contributed by atoms with E-state index in [0.29, 0.717) is 0 Å². The molecular weight excluding hydrogens is 274 g/mol. The number of nitrogens with one attached hydrogen (secondary N) is 1. The number of hydrogen-bond donors (Lipinski definition) is 2. The zero-order valence-corrected chi connectivity index (χ0v) is 11.9. The first-order valence-corrected chi connectivity index (χ1v) is 7.57. The summed E-state index contributed by atoms with van der Waals surface area (Å²) in [7, 11) is 0. The molecule has 0 saturated carbocycles. The molecule has 1 aromatic carbocycles. The maximum atomic E-state index is 10.9. The average Bonchev–Trinajstić information content (AvgIpc) is 2.72. The predicted molar refractivity (Wildman–Crippen MR) is 80.4 cm³/mol. The van der Waals surface area contributed by atoms with Gasteiger partial charge in [-0.2, -0.15) is 0 Å². The molecule has 1 aliphatic heterocycles. The Labute approximate surface area is 121 Å². The van der Waals surface area contributed by atoms with E-state index in [9.17, 15) is 4.79 Å². The fourth-order valence-corrected chi connectivity index (χ4v) is 3.54. The van der Waals surface area contributed by atoms with Crippen molar-refractivity contribution >= 4 is 32.7 Å². The van der Waals surface area contributed by atoms with E-state index in [1.165, 1.54) is 4.70 Å². The molecular formula is C14H17N3O2S. The van der Waals surface area contributed by atoms with Crippen LogP contribution in [-0.2, 0) is 4.79 Å². The highest BCUT2D eigenvalue weighted by atomic mass is 32.1. The van der Waals surface area contributed by atoms with Gasteiger partial charge in [-0.1, -0.05) is 23.5 Å². The Kier molecular flexibility index (Phi) is 3.84. The molecule has 20 heavy (non-hydrogen) atoms. The number of carboxylic acids is 1. The molecule has 5 nitrogen and oxygen atoms in total. The van der Waals surface area contributed by atoms with Crippen LogP contribution in [0.2, 0.25) is 0 Å². The van der Waals surface area contributed by atoms with Crippen LogP contribution in [0.25, 0.3) is 10.2 Å². The second kappa shape index (κ2) is 5.76. The van der Waals surface area contributed by atoms with E-state index in [2.05, 4.69) is 21.3 Å². The van der Waals surface area contributed by atoms with Crippen molar-refractivity contribution < 1.29 is 9.90 Å². The molecule has 2 aromatic rings. The maximum Gasteiger partial charge on any atom is 0.303 e. The summed E-state index contributed by atoms with van der Waals surface area (Å²) in [5.41, 5.74) is 1.01. The molecule has 1 saturated heterocycles. The van der Waals surface area contributed by atoms with Crippen molar-refractivity contribution in [1.29, 1.82) is 0 Å². The number of fused-ring (bicyclic) bond motifs is 1. The lowest BCUT2D eigenvalue weighted by Crippen LogP contribution is -2.30. The summed E-state index contributed by atoms with van der Waals surface area (Å²) in [5, 5.41) is 13.3. The third kappa shape index (κ3) is 2.91. The molecule has 1 aliphatic rings. The summed E-state index contributed by atoms with van der Waals surface area (Å²) in [4.78, 5) is 17.8. The van der Waals surface area contributed by atoms with Gasteiger partial charge in [-0.05, 0) is 18.1 Å². The van der Waals surface area contributed by atoms with Gasteiger partial charge in [0.25, 0.3) is 0 Å². The Bertz CT molecular complexity index is 580. The Balaban J connectivity index is 1.81. The number of aromatic nitrogens is 1. The highest BCUT2D eigenvalue weighted by Crippen LogP contribution is 2.29. The summed E-state index contributed by atoms with van der Waals surface area (Å²) >= 11 is 1.67. The standard InChI is InChI=1S/C14H17N3O2S/c18-13(19)7-10-8-15-5-6-17(9-10)14-16-11-3-1-2-4-12(11)20-14/h1-4,10,15H,5-9H2,(H,18,19). The number of para-hydroxylation sites is 1. The van der Waals surface area contributed by atoms with Crippen molar-refractivity contribution in [2.24, 2.45) is 5.92 Å². The van der Waals surface area contributed by atoms with Gasteiger partial charge >= 0.3 is 5.97 Å². The first kappa shape index (κ1) is 13.3. The van der Waals surface area contributed by atoms with Crippen molar-refractivity contribution in [2.75, 3.05) is 31.1 Å². The molecule has 0 amide bonds. The van der Waals surface area contributed by atoms with Gasteiger partial charge in [0.05, 0.1) is 16.6 Å². The molecule has 1 aromatic heterocycles. The zero-order valence-electron chi connectivity index (χ0n) is 11.1. The molecule has 106 valence electrons. The minimum absolute atomic E-state index is 0.127. The van der Waals surface area contributed by atoms with Crippen LogP contribution >= 0.6 is 11.3 Å². The molecule has 1 atom stereocenters. The van der Waals surface area contributed by atoms with E-state index in [1.807, 2.05) is 18.2 Å². The topological polar surface area (TPSA) is 65.5 Å². The summed E-state index contributed by atoms with van der Waals surface area (Å²) in [6.07, 6.45) is 0.203. The first-order chi connectivity index (χ1) is 9.72. The van der Waals surface area contributed by atoms with Crippen molar-refractivity contribution in [3.8, 4) is 0 Å². The number of nitrogens with zero attached hydrogens (tertiary/aromatic N) is 2. The fourth-order valence-electron chi connectivity index (χ4n) is 2.54. The van der Waals surface area contributed by atoms with Gasteiger partial charge in [-0.15, -0.1) is 0 Å². The monoisotopic (exact) mass is 291 g/mol. The number of aliphatic carboxylic acids is 1. The first-order valence-electron chi connectivity index (χ1n) is 6.75. The summed E-state index contributed by atoms with van der Waals surface area (Å²) < 4.78 is 1.18. The van der Waals surface area contributed by atoms with Crippen molar-refractivity contribution in [3.05, 3.63) is 24.3 Å². The molecule has 1 unspecified atom stereocenters. The number of hydrogen-bond acceptors (Lipinski definition) is 5. The van der Waals surface area contributed by atoms with Crippen LogP contribution in [0.3, 0.4) is 0 Å². The molecule has 3 rings (SSSR count). The smallest absolute Gasteiger partial charge is 0.303 e. The zero-order chi connectivity index (χ0) is 13.9. The third-order valence-corrected chi connectivity index (χ3v) is 4.58. The molecule has 0 aliphatic carbocycles. The Morgan fingerprint density at radius 3 is 3.15 bits per heavy atom. The minimum atomic E-state index is -0.733. The van der Waals surface area contributed by atoms with Crippen LogP contribution < -0.4 is 10.2 Å². The molecule has 2 N–H and O–H groups in total. The number of carboxylic acid groups (broad SMARTS) is 1. The van der Waals surface area contributed by atoms with Crippen molar-refractivity contribution in [1.82, 2.24) is 10.3 Å². The number of anilines is 1. The lowest BCUT2D eigenvalue weighted by Gasteiger charge is -2.22. The van der Waals surface area contributed by atoms with Gasteiger partial charge in [0.1, 0.15) is 0 Å². The highest BCUT2D eigenvalue weighted by molar-refractivity contribution is 7.22. The molecule has 2 heterocycles. The van der Waals surface area contributed by atoms with Crippen LogP contribution in [0, 0.1) is 5.92 Å². The predicted octanol–water partition coefficient (Wildman–Crippen LogP) is 1.80. The van der Waals surface area contributed by atoms with Crippen molar-refractivity contribution in [3.63, 3.8) is 0 Å². The molecule has 0 bridgehead atoms. The van der Waals surface area contributed by atoms with E-state index >= 15 is 0 Å².